The Balaban J connectivity index is 1.51. The molecule has 0 aromatic heterocycles. The zero-order valence-electron chi connectivity index (χ0n) is 16.0. The van der Waals surface area contributed by atoms with Crippen molar-refractivity contribution in [2.45, 2.75) is 18.9 Å². The molecule has 1 aliphatic heterocycles. The normalized spacial score (nSPS) is 18.3. The molecule has 5 nitrogen and oxygen atoms in total. The van der Waals surface area contributed by atoms with Crippen molar-refractivity contribution in [2.24, 2.45) is 5.92 Å². The van der Waals surface area contributed by atoms with Crippen LogP contribution in [0.4, 0.5) is 5.69 Å². The van der Waals surface area contributed by atoms with Crippen molar-refractivity contribution >= 4 is 40.7 Å². The molecule has 2 aromatic rings. The van der Waals surface area contributed by atoms with Gasteiger partial charge in [-0.15, -0.1) is 0 Å². The number of anilines is 1. The van der Waals surface area contributed by atoms with E-state index in [-0.39, 0.29) is 17.7 Å². The Hall–Kier alpha value is -2.08. The lowest BCUT2D eigenvalue weighted by molar-refractivity contribution is -0.135. The summed E-state index contributed by atoms with van der Waals surface area (Å²) in [5, 5.41) is 3.89. The third-order valence-corrected chi connectivity index (χ3v) is 5.85. The number of carbonyl (C=O) groups excluding carboxylic acids is 2. The Kier molecular flexibility index (Phi) is 6.09. The standard InChI is InChI=1S/C22H23Cl2N3O2/c23-17-12-18(24)14-19(13-17)25-21(28)20(15-4-2-1-3-5-15)26-8-10-27(11-9-26)22(29)16-6-7-16/h1-5,12-14,16,20H,6-11H2,(H,25,28)/t20-/m1/s1. The van der Waals surface area contributed by atoms with Gasteiger partial charge in [0.05, 0.1) is 0 Å². The van der Waals surface area contributed by atoms with Crippen LogP contribution in [0, 0.1) is 5.92 Å². The molecular formula is C22H23Cl2N3O2. The van der Waals surface area contributed by atoms with Crippen LogP contribution >= 0.6 is 23.2 Å². The summed E-state index contributed by atoms with van der Waals surface area (Å²) in [6.07, 6.45) is 2.02. The third kappa shape index (κ3) is 4.92. The SMILES string of the molecule is O=C(Nc1cc(Cl)cc(Cl)c1)[C@@H](c1ccccc1)N1CCN(C(=O)C2CC2)CC1. The molecule has 4 rings (SSSR count). The van der Waals surface area contributed by atoms with E-state index in [0.29, 0.717) is 41.9 Å². The third-order valence-electron chi connectivity index (χ3n) is 5.41. The van der Waals surface area contributed by atoms with Crippen LogP contribution in [-0.4, -0.2) is 47.8 Å². The van der Waals surface area contributed by atoms with Crippen molar-refractivity contribution in [2.75, 3.05) is 31.5 Å². The Morgan fingerprint density at radius 1 is 0.931 bits per heavy atom. The molecule has 0 bridgehead atoms. The van der Waals surface area contributed by atoms with E-state index >= 15 is 0 Å². The summed E-state index contributed by atoms with van der Waals surface area (Å²) >= 11 is 12.1. The Bertz CT molecular complexity index is 874. The van der Waals surface area contributed by atoms with E-state index in [9.17, 15) is 9.59 Å². The maximum Gasteiger partial charge on any atom is 0.246 e. The van der Waals surface area contributed by atoms with Crippen molar-refractivity contribution in [1.82, 2.24) is 9.80 Å². The van der Waals surface area contributed by atoms with Gasteiger partial charge in [-0.2, -0.15) is 0 Å². The molecule has 7 heteroatoms. The molecule has 2 aromatic carbocycles. The number of piperazine rings is 1. The molecule has 2 aliphatic rings. The molecule has 2 amide bonds. The van der Waals surface area contributed by atoms with Crippen molar-refractivity contribution in [1.29, 1.82) is 0 Å². The molecule has 1 N–H and O–H groups in total. The van der Waals surface area contributed by atoms with Crippen LogP contribution in [0.3, 0.4) is 0 Å². The minimum Gasteiger partial charge on any atom is -0.340 e. The van der Waals surface area contributed by atoms with Crippen LogP contribution in [0.25, 0.3) is 0 Å². The molecule has 1 aliphatic carbocycles. The monoisotopic (exact) mass is 431 g/mol. The Morgan fingerprint density at radius 2 is 1.55 bits per heavy atom. The number of nitrogens with zero attached hydrogens (tertiary/aromatic N) is 2. The Labute approximate surface area is 180 Å². The first-order valence-corrected chi connectivity index (χ1v) is 10.6. The van der Waals surface area contributed by atoms with Gasteiger partial charge in [-0.25, -0.2) is 0 Å². The second-order valence-corrected chi connectivity index (χ2v) is 8.47. The van der Waals surface area contributed by atoms with E-state index in [1.165, 1.54) is 0 Å². The maximum absolute atomic E-state index is 13.2. The van der Waals surface area contributed by atoms with E-state index in [1.807, 2.05) is 35.2 Å². The summed E-state index contributed by atoms with van der Waals surface area (Å²) in [7, 11) is 0. The first kappa shape index (κ1) is 20.2. The number of amides is 2. The number of benzene rings is 2. The average molecular weight is 432 g/mol. The van der Waals surface area contributed by atoms with Gasteiger partial charge < -0.3 is 10.2 Å². The van der Waals surface area contributed by atoms with Gasteiger partial charge >= 0.3 is 0 Å². The second-order valence-electron chi connectivity index (χ2n) is 7.60. The average Bonchev–Trinajstić information content (AvgIpc) is 3.53. The van der Waals surface area contributed by atoms with E-state index < -0.39 is 6.04 Å². The van der Waals surface area contributed by atoms with Crippen molar-refractivity contribution in [3.8, 4) is 0 Å². The highest BCUT2D eigenvalue weighted by molar-refractivity contribution is 6.35. The number of rotatable bonds is 5. The van der Waals surface area contributed by atoms with Gasteiger partial charge in [0.25, 0.3) is 0 Å². The fourth-order valence-electron chi connectivity index (χ4n) is 3.79. The predicted octanol–water partition coefficient (Wildman–Crippen LogP) is 4.23. The summed E-state index contributed by atoms with van der Waals surface area (Å²) in [6.45, 7) is 2.60. The largest absolute Gasteiger partial charge is 0.340 e. The molecular weight excluding hydrogens is 409 g/mol. The minimum absolute atomic E-state index is 0.142. The summed E-state index contributed by atoms with van der Waals surface area (Å²) in [5.74, 6) is 0.345. The smallest absolute Gasteiger partial charge is 0.246 e. The number of hydrogen-bond donors (Lipinski definition) is 1. The summed E-state index contributed by atoms with van der Waals surface area (Å²) in [4.78, 5) is 29.7. The minimum atomic E-state index is -0.452. The number of carbonyl (C=O) groups is 2. The zero-order chi connectivity index (χ0) is 20.4. The van der Waals surface area contributed by atoms with Crippen LogP contribution in [0.1, 0.15) is 24.4 Å². The lowest BCUT2D eigenvalue weighted by Gasteiger charge is -2.39. The van der Waals surface area contributed by atoms with E-state index in [4.69, 9.17) is 23.2 Å². The fourth-order valence-corrected chi connectivity index (χ4v) is 4.31. The first-order chi connectivity index (χ1) is 14.0. The summed E-state index contributed by atoms with van der Waals surface area (Å²) in [5.41, 5.74) is 1.48. The lowest BCUT2D eigenvalue weighted by atomic mass is 10.0. The second kappa shape index (κ2) is 8.74. The van der Waals surface area contributed by atoms with Crippen molar-refractivity contribution in [3.05, 3.63) is 64.1 Å². The number of hydrogen-bond acceptors (Lipinski definition) is 3. The van der Waals surface area contributed by atoms with Gasteiger partial charge in [-0.05, 0) is 36.6 Å². The molecule has 2 fully saturated rings. The van der Waals surface area contributed by atoms with Gasteiger partial charge in [0.15, 0.2) is 0 Å². The highest BCUT2D eigenvalue weighted by atomic mass is 35.5. The summed E-state index contributed by atoms with van der Waals surface area (Å²) in [6, 6.07) is 14.2. The van der Waals surface area contributed by atoms with E-state index in [2.05, 4.69) is 10.2 Å². The number of halogens is 2. The molecule has 1 saturated carbocycles. The molecule has 1 saturated heterocycles. The van der Waals surface area contributed by atoms with Crippen LogP contribution in [0.15, 0.2) is 48.5 Å². The van der Waals surface area contributed by atoms with Gasteiger partial charge in [0.2, 0.25) is 11.8 Å². The lowest BCUT2D eigenvalue weighted by Crippen LogP contribution is -2.52. The summed E-state index contributed by atoms with van der Waals surface area (Å²) < 4.78 is 0. The predicted molar refractivity (Wildman–Crippen MR) is 115 cm³/mol. The van der Waals surface area contributed by atoms with Crippen LogP contribution < -0.4 is 5.32 Å². The van der Waals surface area contributed by atoms with Gasteiger partial charge in [0.1, 0.15) is 6.04 Å². The molecule has 0 radical (unpaired) electrons. The molecule has 1 heterocycles. The number of nitrogens with one attached hydrogen (secondary N) is 1. The van der Waals surface area contributed by atoms with Crippen LogP contribution in [0.5, 0.6) is 0 Å². The molecule has 0 unspecified atom stereocenters. The highest BCUT2D eigenvalue weighted by Gasteiger charge is 2.37. The topological polar surface area (TPSA) is 52.7 Å². The van der Waals surface area contributed by atoms with Gasteiger partial charge in [-0.1, -0.05) is 53.5 Å². The molecule has 29 heavy (non-hydrogen) atoms. The first-order valence-electron chi connectivity index (χ1n) is 9.86. The zero-order valence-corrected chi connectivity index (χ0v) is 17.5. The van der Waals surface area contributed by atoms with Crippen LogP contribution in [-0.2, 0) is 9.59 Å². The fraction of sp³-hybridized carbons (Fsp3) is 0.364. The van der Waals surface area contributed by atoms with Gasteiger partial charge in [-0.3, -0.25) is 14.5 Å². The molecule has 152 valence electrons. The molecule has 0 spiro atoms. The van der Waals surface area contributed by atoms with Crippen molar-refractivity contribution < 1.29 is 9.59 Å². The quantitative estimate of drug-likeness (QED) is 0.770. The Morgan fingerprint density at radius 3 is 2.14 bits per heavy atom. The molecule has 1 atom stereocenters. The van der Waals surface area contributed by atoms with Gasteiger partial charge in [0, 0.05) is 47.8 Å². The van der Waals surface area contributed by atoms with Crippen molar-refractivity contribution in [3.63, 3.8) is 0 Å². The maximum atomic E-state index is 13.2. The van der Waals surface area contributed by atoms with Crippen LogP contribution in [0.2, 0.25) is 10.0 Å². The van der Waals surface area contributed by atoms with E-state index in [1.54, 1.807) is 18.2 Å². The highest BCUT2D eigenvalue weighted by Crippen LogP contribution is 2.32. The van der Waals surface area contributed by atoms with E-state index in [0.717, 1.165) is 18.4 Å².